The van der Waals surface area contributed by atoms with E-state index in [-0.39, 0.29) is 5.54 Å². The van der Waals surface area contributed by atoms with Crippen LogP contribution in [-0.2, 0) is 0 Å². The Hall–Kier alpha value is -0.0800. The van der Waals surface area contributed by atoms with Crippen molar-refractivity contribution in [2.75, 3.05) is 6.61 Å². The summed E-state index contributed by atoms with van der Waals surface area (Å²) in [5, 5.41) is 13.9. The normalized spacial score (nSPS) is 35.3. The van der Waals surface area contributed by atoms with E-state index in [0.29, 0.717) is 18.6 Å². The molecular weight excluding hydrogens is 222 g/mol. The zero-order chi connectivity index (χ0) is 12.8. The molecule has 2 aliphatic carbocycles. The molecule has 0 aliphatic heterocycles. The Kier molecular flexibility index (Phi) is 5.50. The predicted octanol–water partition coefficient (Wildman–Crippen LogP) is 3.63. The van der Waals surface area contributed by atoms with Crippen molar-refractivity contribution in [1.29, 1.82) is 0 Å². The van der Waals surface area contributed by atoms with Crippen LogP contribution in [0.1, 0.15) is 77.6 Å². The molecule has 2 unspecified atom stereocenters. The summed E-state index contributed by atoms with van der Waals surface area (Å²) >= 11 is 0. The van der Waals surface area contributed by atoms with E-state index in [4.69, 9.17) is 0 Å². The first-order valence-electron chi connectivity index (χ1n) is 8.19. The molecule has 2 heteroatoms. The second-order valence-electron chi connectivity index (χ2n) is 6.50. The highest BCUT2D eigenvalue weighted by Gasteiger charge is 2.40. The molecule has 2 N–H and O–H groups in total. The summed E-state index contributed by atoms with van der Waals surface area (Å²) in [7, 11) is 0. The molecule has 2 atom stereocenters. The van der Waals surface area contributed by atoms with Crippen LogP contribution in [0.2, 0.25) is 0 Å². The fourth-order valence-corrected chi connectivity index (χ4v) is 4.18. The maximum Gasteiger partial charge on any atom is 0.0616 e. The minimum absolute atomic E-state index is 0.0437. The van der Waals surface area contributed by atoms with Gasteiger partial charge in [0.25, 0.3) is 0 Å². The molecule has 0 radical (unpaired) electrons. The van der Waals surface area contributed by atoms with Gasteiger partial charge in [-0.3, -0.25) is 0 Å². The first-order valence-corrected chi connectivity index (χ1v) is 8.19. The van der Waals surface area contributed by atoms with Crippen molar-refractivity contribution in [3.63, 3.8) is 0 Å². The highest BCUT2D eigenvalue weighted by molar-refractivity contribution is 4.98. The molecule has 2 fully saturated rings. The number of nitrogens with one attached hydrogen (secondary N) is 1. The summed E-state index contributed by atoms with van der Waals surface area (Å²) in [6.07, 6.45) is 14.5. The van der Waals surface area contributed by atoms with Gasteiger partial charge in [-0.2, -0.15) is 0 Å². The van der Waals surface area contributed by atoms with Gasteiger partial charge in [0, 0.05) is 11.6 Å². The fraction of sp³-hybridized carbons (Fsp3) is 1.00. The largest absolute Gasteiger partial charge is 0.394 e. The average molecular weight is 253 g/mol. The van der Waals surface area contributed by atoms with Crippen LogP contribution in [0.5, 0.6) is 0 Å². The molecule has 2 aliphatic rings. The highest BCUT2D eigenvalue weighted by Crippen LogP contribution is 2.37. The molecule has 2 saturated carbocycles. The van der Waals surface area contributed by atoms with Gasteiger partial charge in [-0.25, -0.2) is 0 Å². The Balaban J connectivity index is 2.00. The van der Waals surface area contributed by atoms with Crippen molar-refractivity contribution in [3.05, 3.63) is 0 Å². The molecule has 0 aromatic heterocycles. The maximum atomic E-state index is 9.98. The third kappa shape index (κ3) is 3.27. The van der Waals surface area contributed by atoms with E-state index in [1.54, 1.807) is 0 Å². The summed E-state index contributed by atoms with van der Waals surface area (Å²) in [5.74, 6) is 0.680. The summed E-state index contributed by atoms with van der Waals surface area (Å²) in [4.78, 5) is 0. The van der Waals surface area contributed by atoms with Crippen molar-refractivity contribution in [3.8, 4) is 0 Å². The number of hydrogen-bond acceptors (Lipinski definition) is 2. The van der Waals surface area contributed by atoms with E-state index in [9.17, 15) is 5.11 Å². The van der Waals surface area contributed by atoms with E-state index < -0.39 is 0 Å². The van der Waals surface area contributed by atoms with Gasteiger partial charge in [-0.05, 0) is 31.6 Å². The molecular formula is C16H31NO. The predicted molar refractivity (Wildman–Crippen MR) is 76.7 cm³/mol. The standard InChI is InChI=1S/C16H31NO/c1-2-14-9-7-8-12-16(14,13-18)17-15-10-5-3-4-6-11-15/h14-15,17-18H,2-13H2,1H3. The summed E-state index contributed by atoms with van der Waals surface area (Å²) < 4.78 is 0. The van der Waals surface area contributed by atoms with E-state index in [0.717, 1.165) is 0 Å². The SMILES string of the molecule is CCC1CCCCC1(CO)NC1CCCCCC1. The highest BCUT2D eigenvalue weighted by atomic mass is 16.3. The Morgan fingerprint density at radius 2 is 1.67 bits per heavy atom. The molecule has 0 heterocycles. The maximum absolute atomic E-state index is 9.98. The van der Waals surface area contributed by atoms with Gasteiger partial charge in [0.15, 0.2) is 0 Å². The lowest BCUT2D eigenvalue weighted by Crippen LogP contribution is -2.59. The van der Waals surface area contributed by atoms with Crippen molar-refractivity contribution >= 4 is 0 Å². The van der Waals surface area contributed by atoms with Crippen LogP contribution in [0.4, 0.5) is 0 Å². The second kappa shape index (κ2) is 6.91. The van der Waals surface area contributed by atoms with Gasteiger partial charge in [-0.15, -0.1) is 0 Å². The number of rotatable bonds is 4. The number of hydrogen-bond donors (Lipinski definition) is 2. The van der Waals surface area contributed by atoms with Crippen LogP contribution >= 0.6 is 0 Å². The lowest BCUT2D eigenvalue weighted by Gasteiger charge is -2.46. The Labute approximate surface area is 113 Å². The summed E-state index contributed by atoms with van der Waals surface area (Å²) in [6, 6.07) is 0.659. The third-order valence-corrected chi connectivity index (χ3v) is 5.33. The van der Waals surface area contributed by atoms with Crippen molar-refractivity contribution in [2.45, 2.75) is 89.1 Å². The van der Waals surface area contributed by atoms with Gasteiger partial charge in [0.2, 0.25) is 0 Å². The molecule has 106 valence electrons. The molecule has 0 aromatic carbocycles. The molecule has 0 amide bonds. The zero-order valence-electron chi connectivity index (χ0n) is 12.1. The molecule has 2 rings (SSSR count). The van der Waals surface area contributed by atoms with Crippen LogP contribution in [0, 0.1) is 5.92 Å². The van der Waals surface area contributed by atoms with Gasteiger partial charge < -0.3 is 10.4 Å². The van der Waals surface area contributed by atoms with Gasteiger partial charge in [0.05, 0.1) is 6.61 Å². The van der Waals surface area contributed by atoms with Crippen LogP contribution < -0.4 is 5.32 Å². The van der Waals surface area contributed by atoms with Gasteiger partial charge in [-0.1, -0.05) is 51.9 Å². The average Bonchev–Trinajstić information content (AvgIpc) is 2.67. The second-order valence-corrected chi connectivity index (χ2v) is 6.50. The van der Waals surface area contributed by atoms with Crippen LogP contribution in [0.3, 0.4) is 0 Å². The van der Waals surface area contributed by atoms with E-state index in [1.165, 1.54) is 70.6 Å². The van der Waals surface area contributed by atoms with Crippen LogP contribution in [0.25, 0.3) is 0 Å². The topological polar surface area (TPSA) is 32.3 Å². The summed E-state index contributed by atoms with van der Waals surface area (Å²) in [5.41, 5.74) is 0.0437. The minimum atomic E-state index is 0.0437. The monoisotopic (exact) mass is 253 g/mol. The molecule has 18 heavy (non-hydrogen) atoms. The number of aliphatic hydroxyl groups is 1. The number of aliphatic hydroxyl groups excluding tert-OH is 1. The Bertz CT molecular complexity index is 235. The smallest absolute Gasteiger partial charge is 0.0616 e. The van der Waals surface area contributed by atoms with Crippen molar-refractivity contribution in [1.82, 2.24) is 5.32 Å². The molecule has 0 bridgehead atoms. The quantitative estimate of drug-likeness (QED) is 0.750. The van der Waals surface area contributed by atoms with Crippen LogP contribution in [0.15, 0.2) is 0 Å². The Morgan fingerprint density at radius 1 is 1.00 bits per heavy atom. The first-order chi connectivity index (χ1) is 8.80. The lowest BCUT2D eigenvalue weighted by atomic mass is 9.71. The third-order valence-electron chi connectivity index (χ3n) is 5.33. The van der Waals surface area contributed by atoms with Crippen molar-refractivity contribution < 1.29 is 5.11 Å². The van der Waals surface area contributed by atoms with Crippen molar-refractivity contribution in [2.24, 2.45) is 5.92 Å². The summed E-state index contributed by atoms with van der Waals surface area (Å²) in [6.45, 7) is 2.62. The molecule has 2 nitrogen and oxygen atoms in total. The molecule has 0 spiro atoms. The Morgan fingerprint density at radius 3 is 2.28 bits per heavy atom. The van der Waals surface area contributed by atoms with Crippen LogP contribution in [-0.4, -0.2) is 23.3 Å². The fourth-order valence-electron chi connectivity index (χ4n) is 4.18. The van der Waals surface area contributed by atoms with Gasteiger partial charge >= 0.3 is 0 Å². The zero-order valence-corrected chi connectivity index (χ0v) is 12.1. The minimum Gasteiger partial charge on any atom is -0.394 e. The molecule has 0 aromatic rings. The van der Waals surface area contributed by atoms with E-state index in [1.807, 2.05) is 0 Å². The van der Waals surface area contributed by atoms with E-state index >= 15 is 0 Å². The first kappa shape index (κ1) is 14.3. The van der Waals surface area contributed by atoms with E-state index in [2.05, 4.69) is 12.2 Å². The van der Waals surface area contributed by atoms with Gasteiger partial charge in [0.1, 0.15) is 0 Å². The molecule has 0 saturated heterocycles. The lowest BCUT2D eigenvalue weighted by molar-refractivity contribution is 0.0512.